The summed E-state index contributed by atoms with van der Waals surface area (Å²) in [5.41, 5.74) is -1.16. The molecular formula is C13H23NO4. The third-order valence-corrected chi connectivity index (χ3v) is 1.56. The molecule has 0 aliphatic rings. The van der Waals surface area contributed by atoms with Crippen molar-refractivity contribution in [1.82, 2.24) is 0 Å². The van der Waals surface area contributed by atoms with Gasteiger partial charge in [-0.1, -0.05) is 0 Å². The molecule has 0 aliphatic carbocycles. The Morgan fingerprint density at radius 3 is 1.33 bits per heavy atom. The molecule has 0 atom stereocenters. The van der Waals surface area contributed by atoms with Gasteiger partial charge in [-0.15, -0.1) is 0 Å². The van der Waals surface area contributed by atoms with Crippen LogP contribution in [0.15, 0.2) is 0 Å². The van der Waals surface area contributed by atoms with Crippen LogP contribution >= 0.6 is 0 Å². The van der Waals surface area contributed by atoms with Crippen LogP contribution in [0.1, 0.15) is 54.4 Å². The van der Waals surface area contributed by atoms with Gasteiger partial charge in [0.25, 0.3) is 0 Å². The molecule has 0 unspecified atom stereocenters. The summed E-state index contributed by atoms with van der Waals surface area (Å²) in [6.07, 6.45) is -0.368. The maximum Gasteiger partial charge on any atom is 0.312 e. The Kier molecular flexibility index (Phi) is 5.52. The van der Waals surface area contributed by atoms with Gasteiger partial charge in [0.2, 0.25) is 0 Å². The van der Waals surface area contributed by atoms with Crippen molar-refractivity contribution in [2.75, 3.05) is 0 Å². The van der Waals surface area contributed by atoms with E-state index in [-0.39, 0.29) is 18.6 Å². The molecule has 104 valence electrons. The van der Waals surface area contributed by atoms with Gasteiger partial charge in [0, 0.05) is 5.71 Å². The Hall–Kier alpha value is -1.39. The molecule has 0 fully saturated rings. The number of hydrogen-bond acceptors (Lipinski definition) is 5. The van der Waals surface area contributed by atoms with Crippen LogP contribution in [0.5, 0.6) is 0 Å². The first-order valence-electron chi connectivity index (χ1n) is 5.89. The van der Waals surface area contributed by atoms with Crippen LogP contribution in [0.25, 0.3) is 0 Å². The highest BCUT2D eigenvalue weighted by Crippen LogP contribution is 2.11. The van der Waals surface area contributed by atoms with E-state index in [2.05, 4.69) is 0 Å². The van der Waals surface area contributed by atoms with Crippen LogP contribution in [-0.4, -0.2) is 28.9 Å². The molecule has 5 heteroatoms. The van der Waals surface area contributed by atoms with Gasteiger partial charge in [0.15, 0.2) is 0 Å². The summed E-state index contributed by atoms with van der Waals surface area (Å²) in [7, 11) is 0. The quantitative estimate of drug-likeness (QED) is 0.620. The van der Waals surface area contributed by atoms with Crippen LogP contribution in [0, 0.1) is 5.41 Å². The van der Waals surface area contributed by atoms with Crippen LogP contribution in [-0.2, 0) is 19.1 Å². The lowest BCUT2D eigenvalue weighted by atomic mass is 10.1. The molecule has 5 nitrogen and oxygen atoms in total. The van der Waals surface area contributed by atoms with Crippen molar-refractivity contribution in [1.29, 1.82) is 5.41 Å². The van der Waals surface area contributed by atoms with Gasteiger partial charge in [-0.3, -0.25) is 9.59 Å². The van der Waals surface area contributed by atoms with E-state index in [0.717, 1.165) is 0 Å². The monoisotopic (exact) mass is 257 g/mol. The summed E-state index contributed by atoms with van der Waals surface area (Å²) < 4.78 is 10.1. The first-order valence-corrected chi connectivity index (χ1v) is 5.89. The first-order chi connectivity index (χ1) is 7.89. The van der Waals surface area contributed by atoms with Gasteiger partial charge in [0.1, 0.15) is 11.2 Å². The van der Waals surface area contributed by atoms with Crippen molar-refractivity contribution in [2.24, 2.45) is 0 Å². The highest BCUT2D eigenvalue weighted by Gasteiger charge is 2.21. The Morgan fingerprint density at radius 1 is 0.833 bits per heavy atom. The van der Waals surface area contributed by atoms with E-state index in [1.807, 2.05) is 0 Å². The number of carbonyl (C=O) groups excluding carboxylic acids is 2. The Morgan fingerprint density at radius 2 is 1.11 bits per heavy atom. The van der Waals surface area contributed by atoms with Gasteiger partial charge in [-0.2, -0.15) is 0 Å². The van der Waals surface area contributed by atoms with E-state index in [1.165, 1.54) is 0 Å². The first kappa shape index (κ1) is 16.6. The second kappa shape index (κ2) is 5.98. The summed E-state index contributed by atoms with van der Waals surface area (Å²) in [6, 6.07) is 0. The normalized spacial score (nSPS) is 11.9. The van der Waals surface area contributed by atoms with Gasteiger partial charge < -0.3 is 14.9 Å². The number of ether oxygens (including phenoxy) is 2. The third-order valence-electron chi connectivity index (χ3n) is 1.56. The number of carbonyl (C=O) groups is 2. The fourth-order valence-electron chi connectivity index (χ4n) is 1.17. The minimum Gasteiger partial charge on any atom is -0.460 e. The number of rotatable bonds is 4. The van der Waals surface area contributed by atoms with E-state index in [1.54, 1.807) is 41.5 Å². The topological polar surface area (TPSA) is 76.5 Å². The van der Waals surface area contributed by atoms with Crippen LogP contribution in [0.3, 0.4) is 0 Å². The zero-order chi connectivity index (χ0) is 14.6. The Bertz CT molecular complexity index is 302. The zero-order valence-corrected chi connectivity index (χ0v) is 12.0. The van der Waals surface area contributed by atoms with Crippen molar-refractivity contribution in [3.63, 3.8) is 0 Å². The number of nitrogens with one attached hydrogen (secondary N) is 1. The highest BCUT2D eigenvalue weighted by molar-refractivity contribution is 6.05. The number of hydrogen-bond donors (Lipinski definition) is 1. The smallest absolute Gasteiger partial charge is 0.312 e. The average Bonchev–Trinajstić information content (AvgIpc) is 1.92. The van der Waals surface area contributed by atoms with Gasteiger partial charge >= 0.3 is 11.9 Å². The number of esters is 2. The van der Waals surface area contributed by atoms with Crippen molar-refractivity contribution in [3.05, 3.63) is 0 Å². The molecule has 0 aromatic heterocycles. The lowest BCUT2D eigenvalue weighted by Gasteiger charge is -2.20. The van der Waals surface area contributed by atoms with E-state index < -0.39 is 23.1 Å². The Labute approximate surface area is 108 Å². The van der Waals surface area contributed by atoms with Crippen LogP contribution < -0.4 is 0 Å². The van der Waals surface area contributed by atoms with Crippen molar-refractivity contribution >= 4 is 17.7 Å². The van der Waals surface area contributed by atoms with Crippen molar-refractivity contribution in [2.45, 2.75) is 65.6 Å². The molecule has 0 aromatic rings. The molecule has 1 N–H and O–H groups in total. The molecule has 0 heterocycles. The highest BCUT2D eigenvalue weighted by atomic mass is 16.6. The maximum absolute atomic E-state index is 11.4. The summed E-state index contributed by atoms with van der Waals surface area (Å²) in [5.74, 6) is -1.01. The van der Waals surface area contributed by atoms with Crippen LogP contribution in [0.2, 0.25) is 0 Å². The molecule has 0 rings (SSSR count). The molecular weight excluding hydrogens is 234 g/mol. The second-order valence-corrected chi connectivity index (χ2v) is 6.13. The molecule has 0 radical (unpaired) electrons. The molecule has 0 saturated heterocycles. The van der Waals surface area contributed by atoms with E-state index in [9.17, 15) is 9.59 Å². The van der Waals surface area contributed by atoms with Crippen molar-refractivity contribution in [3.8, 4) is 0 Å². The van der Waals surface area contributed by atoms with E-state index in [0.29, 0.717) is 0 Å². The maximum atomic E-state index is 11.4. The average molecular weight is 257 g/mol. The van der Waals surface area contributed by atoms with Gasteiger partial charge in [-0.05, 0) is 41.5 Å². The van der Waals surface area contributed by atoms with Gasteiger partial charge in [0.05, 0.1) is 12.8 Å². The van der Waals surface area contributed by atoms with Crippen LogP contribution in [0.4, 0.5) is 0 Å². The lowest BCUT2D eigenvalue weighted by Crippen LogP contribution is -2.27. The van der Waals surface area contributed by atoms with Crippen molar-refractivity contribution < 1.29 is 19.1 Å². The van der Waals surface area contributed by atoms with E-state index in [4.69, 9.17) is 14.9 Å². The fourth-order valence-corrected chi connectivity index (χ4v) is 1.17. The molecule has 0 saturated carbocycles. The minimum atomic E-state index is -0.580. The molecule has 0 bridgehead atoms. The summed E-state index contributed by atoms with van der Waals surface area (Å²) in [6.45, 7) is 10.5. The summed E-state index contributed by atoms with van der Waals surface area (Å²) >= 11 is 0. The lowest BCUT2D eigenvalue weighted by molar-refractivity contribution is -0.153. The molecule has 0 aromatic carbocycles. The molecule has 0 amide bonds. The zero-order valence-electron chi connectivity index (χ0n) is 12.0. The molecule has 0 aliphatic heterocycles. The predicted octanol–water partition coefficient (Wildman–Crippen LogP) is 2.47. The third kappa shape index (κ3) is 9.81. The second-order valence-electron chi connectivity index (χ2n) is 6.13. The molecule has 18 heavy (non-hydrogen) atoms. The largest absolute Gasteiger partial charge is 0.460 e. The summed E-state index contributed by atoms with van der Waals surface area (Å²) in [4.78, 5) is 22.8. The van der Waals surface area contributed by atoms with Gasteiger partial charge in [-0.25, -0.2) is 0 Å². The Balaban J connectivity index is 4.13. The summed E-state index contributed by atoms with van der Waals surface area (Å²) in [5, 5.41) is 7.56. The predicted molar refractivity (Wildman–Crippen MR) is 68.7 cm³/mol. The van der Waals surface area contributed by atoms with E-state index >= 15 is 0 Å². The standard InChI is InChI=1S/C13H23NO4/c1-12(2,3)17-10(15)7-9(14)8-11(16)18-13(4,5)6/h14H,7-8H2,1-6H3. The molecule has 0 spiro atoms. The SMILES string of the molecule is CC(C)(C)OC(=O)CC(=N)CC(=O)OC(C)(C)C. The minimum absolute atomic E-state index is 0.00139. The fraction of sp³-hybridized carbons (Fsp3) is 0.769.